The Morgan fingerprint density at radius 3 is 2.78 bits per heavy atom. The molecule has 1 aliphatic rings. The van der Waals surface area contributed by atoms with Gasteiger partial charge < -0.3 is 15.0 Å². The monoisotopic (exact) mass is 400 g/mol. The van der Waals surface area contributed by atoms with Crippen LogP contribution in [0.15, 0.2) is 30.6 Å². The Hall–Kier alpha value is -2.61. The van der Waals surface area contributed by atoms with Crippen LogP contribution in [0.3, 0.4) is 0 Å². The van der Waals surface area contributed by atoms with Crippen LogP contribution in [0.4, 0.5) is 0 Å². The molecule has 0 saturated heterocycles. The smallest absolute Gasteiger partial charge is 0.159 e. The summed E-state index contributed by atoms with van der Waals surface area (Å²) in [5.41, 5.74) is 4.53. The lowest BCUT2D eigenvalue weighted by molar-refractivity contribution is 0.306. The number of pyridine rings is 1. The molecule has 27 heavy (non-hydrogen) atoms. The summed E-state index contributed by atoms with van der Waals surface area (Å²) < 4.78 is 5.90. The summed E-state index contributed by atoms with van der Waals surface area (Å²) in [7, 11) is 0. The summed E-state index contributed by atoms with van der Waals surface area (Å²) in [4.78, 5) is 11.9. The molecule has 4 aromatic rings. The lowest BCUT2D eigenvalue weighted by atomic mass is 10.2. The van der Waals surface area contributed by atoms with E-state index < -0.39 is 0 Å². The molecule has 7 nitrogen and oxygen atoms in total. The Kier molecular flexibility index (Phi) is 4.00. The van der Waals surface area contributed by atoms with E-state index in [-0.39, 0.29) is 6.61 Å². The number of imidazole rings is 1. The van der Waals surface area contributed by atoms with Crippen LogP contribution in [-0.4, -0.2) is 25.1 Å². The van der Waals surface area contributed by atoms with Crippen molar-refractivity contribution in [1.82, 2.24) is 30.5 Å². The predicted octanol–water partition coefficient (Wildman–Crippen LogP) is 3.84. The topological polar surface area (TPSA) is 91.5 Å². The summed E-state index contributed by atoms with van der Waals surface area (Å²) in [6, 6.07) is 5.73. The molecular weight excluding hydrogens is 387 g/mol. The highest BCUT2D eigenvalue weighted by Crippen LogP contribution is 2.30. The van der Waals surface area contributed by atoms with Crippen LogP contribution < -0.4 is 10.1 Å². The molecule has 0 amide bonds. The molecule has 4 heterocycles. The van der Waals surface area contributed by atoms with Crippen LogP contribution in [0.2, 0.25) is 10.0 Å². The van der Waals surface area contributed by atoms with Gasteiger partial charge in [0.15, 0.2) is 5.82 Å². The van der Waals surface area contributed by atoms with Crippen molar-refractivity contribution in [2.24, 2.45) is 0 Å². The van der Waals surface area contributed by atoms with Gasteiger partial charge >= 0.3 is 0 Å². The SMILES string of the molecule is Clc1cncc(Cl)c1COc1ccc2[nH]nc(-c3nc4c([nH]3)CNC4)c2c1. The largest absolute Gasteiger partial charge is 0.489 e. The van der Waals surface area contributed by atoms with Crippen molar-refractivity contribution in [3.63, 3.8) is 0 Å². The number of aromatic amines is 2. The number of rotatable bonds is 4. The Morgan fingerprint density at radius 1 is 1.11 bits per heavy atom. The predicted molar refractivity (Wildman–Crippen MR) is 103 cm³/mol. The molecule has 0 spiro atoms. The summed E-state index contributed by atoms with van der Waals surface area (Å²) in [6.45, 7) is 1.82. The molecule has 3 N–H and O–H groups in total. The lowest BCUT2D eigenvalue weighted by Gasteiger charge is -2.09. The van der Waals surface area contributed by atoms with Gasteiger partial charge in [-0.05, 0) is 18.2 Å². The number of aromatic nitrogens is 5. The average Bonchev–Trinajstić information content (AvgIpc) is 3.34. The minimum Gasteiger partial charge on any atom is -0.489 e. The molecule has 0 aliphatic carbocycles. The first-order chi connectivity index (χ1) is 13.2. The Bertz CT molecular complexity index is 1110. The molecule has 1 aromatic carbocycles. The van der Waals surface area contributed by atoms with Crippen molar-refractivity contribution in [3.05, 3.63) is 57.6 Å². The van der Waals surface area contributed by atoms with Crippen LogP contribution in [0, 0.1) is 0 Å². The van der Waals surface area contributed by atoms with Gasteiger partial charge in [-0.1, -0.05) is 23.2 Å². The molecule has 9 heteroatoms. The Balaban J connectivity index is 1.46. The minimum atomic E-state index is 0.250. The molecule has 0 saturated carbocycles. The molecular formula is C18H14Cl2N6O. The standard InChI is InChI=1S/C18H14Cl2N6O/c19-12-4-21-5-13(20)11(12)8-27-9-1-2-14-10(3-9)17(26-25-14)18-23-15-6-22-7-16(15)24-18/h1-5,22H,6-8H2,(H,23,24)(H,25,26). The molecule has 5 rings (SSSR count). The zero-order valence-corrected chi connectivity index (χ0v) is 15.5. The molecule has 0 unspecified atom stereocenters. The first-order valence-corrected chi connectivity index (χ1v) is 9.12. The normalized spacial score (nSPS) is 13.3. The number of fused-ring (bicyclic) bond motifs is 2. The van der Waals surface area contributed by atoms with Crippen LogP contribution in [0.25, 0.3) is 22.4 Å². The summed E-state index contributed by atoms with van der Waals surface area (Å²) in [6.07, 6.45) is 3.10. The van der Waals surface area contributed by atoms with E-state index in [9.17, 15) is 0 Å². The van der Waals surface area contributed by atoms with Gasteiger partial charge in [-0.3, -0.25) is 10.1 Å². The van der Waals surface area contributed by atoms with Gasteiger partial charge in [-0.25, -0.2) is 4.98 Å². The van der Waals surface area contributed by atoms with Crippen molar-refractivity contribution in [3.8, 4) is 17.3 Å². The third-order valence-corrected chi connectivity index (χ3v) is 5.20. The number of nitrogens with zero attached hydrogens (tertiary/aromatic N) is 3. The van der Waals surface area contributed by atoms with Gasteiger partial charge in [-0.2, -0.15) is 5.10 Å². The van der Waals surface area contributed by atoms with E-state index in [1.165, 1.54) is 0 Å². The number of hydrogen-bond acceptors (Lipinski definition) is 5. The van der Waals surface area contributed by atoms with E-state index in [0.29, 0.717) is 21.4 Å². The molecule has 0 bridgehead atoms. The fraction of sp³-hybridized carbons (Fsp3) is 0.167. The lowest BCUT2D eigenvalue weighted by Crippen LogP contribution is -2.02. The van der Waals surface area contributed by atoms with E-state index in [2.05, 4.69) is 30.5 Å². The second-order valence-corrected chi connectivity index (χ2v) is 7.08. The number of nitrogens with one attached hydrogen (secondary N) is 3. The van der Waals surface area contributed by atoms with Crippen LogP contribution >= 0.6 is 23.2 Å². The van der Waals surface area contributed by atoms with Gasteiger partial charge in [0, 0.05) is 36.4 Å². The van der Waals surface area contributed by atoms with Crippen molar-refractivity contribution < 1.29 is 4.74 Å². The summed E-state index contributed by atoms with van der Waals surface area (Å²) in [5.74, 6) is 1.44. The van der Waals surface area contributed by atoms with Gasteiger partial charge in [0.25, 0.3) is 0 Å². The van der Waals surface area contributed by atoms with Crippen molar-refractivity contribution in [1.29, 1.82) is 0 Å². The van der Waals surface area contributed by atoms with Gasteiger partial charge in [0.2, 0.25) is 0 Å². The third-order valence-electron chi connectivity index (χ3n) is 4.55. The number of hydrogen-bond donors (Lipinski definition) is 3. The van der Waals surface area contributed by atoms with Gasteiger partial charge in [0.05, 0.1) is 26.9 Å². The van der Waals surface area contributed by atoms with E-state index in [4.69, 9.17) is 27.9 Å². The number of benzene rings is 1. The fourth-order valence-electron chi connectivity index (χ4n) is 3.15. The Morgan fingerprint density at radius 2 is 1.96 bits per heavy atom. The number of halogens is 2. The maximum atomic E-state index is 6.16. The van der Waals surface area contributed by atoms with Crippen LogP contribution in [0.1, 0.15) is 17.0 Å². The molecule has 1 aliphatic heterocycles. The molecule has 136 valence electrons. The first-order valence-electron chi connectivity index (χ1n) is 8.36. The quantitative estimate of drug-likeness (QED) is 0.483. The minimum absolute atomic E-state index is 0.250. The second kappa shape index (κ2) is 6.53. The maximum absolute atomic E-state index is 6.16. The molecule has 3 aromatic heterocycles. The second-order valence-electron chi connectivity index (χ2n) is 6.26. The van der Waals surface area contributed by atoms with E-state index >= 15 is 0 Å². The zero-order valence-electron chi connectivity index (χ0n) is 14.0. The summed E-state index contributed by atoms with van der Waals surface area (Å²) in [5, 5.41) is 12.6. The van der Waals surface area contributed by atoms with E-state index in [0.717, 1.165) is 46.9 Å². The van der Waals surface area contributed by atoms with Gasteiger partial charge in [-0.15, -0.1) is 0 Å². The summed E-state index contributed by atoms with van der Waals surface area (Å²) >= 11 is 12.3. The Labute approximate surface area is 164 Å². The van der Waals surface area contributed by atoms with Crippen molar-refractivity contribution in [2.75, 3.05) is 0 Å². The van der Waals surface area contributed by atoms with E-state index in [1.807, 2.05) is 18.2 Å². The highest BCUT2D eigenvalue weighted by atomic mass is 35.5. The first kappa shape index (κ1) is 16.6. The van der Waals surface area contributed by atoms with Crippen LogP contribution in [0.5, 0.6) is 5.75 Å². The molecule has 0 fully saturated rings. The zero-order chi connectivity index (χ0) is 18.4. The van der Waals surface area contributed by atoms with Gasteiger partial charge in [0.1, 0.15) is 18.1 Å². The maximum Gasteiger partial charge on any atom is 0.159 e. The third kappa shape index (κ3) is 2.93. The highest BCUT2D eigenvalue weighted by molar-refractivity contribution is 6.35. The van der Waals surface area contributed by atoms with Crippen molar-refractivity contribution >= 4 is 34.1 Å². The number of ether oxygens (including phenoxy) is 1. The van der Waals surface area contributed by atoms with E-state index in [1.54, 1.807) is 12.4 Å². The van der Waals surface area contributed by atoms with Crippen molar-refractivity contribution in [2.45, 2.75) is 19.7 Å². The number of H-pyrrole nitrogens is 2. The molecule has 0 radical (unpaired) electrons. The highest BCUT2D eigenvalue weighted by Gasteiger charge is 2.19. The van der Waals surface area contributed by atoms with Crippen LogP contribution in [-0.2, 0) is 19.7 Å². The average molecular weight is 401 g/mol. The molecule has 0 atom stereocenters. The fourth-order valence-corrected chi connectivity index (χ4v) is 3.62.